The number of nitrogens with zero attached hydrogens (tertiary/aromatic N) is 1. The molecule has 0 saturated carbocycles. The van der Waals surface area contributed by atoms with Crippen LogP contribution in [-0.2, 0) is 0 Å². The van der Waals surface area contributed by atoms with E-state index >= 15 is 0 Å². The van der Waals surface area contributed by atoms with Crippen LogP contribution in [0.5, 0.6) is 11.5 Å². The molecule has 0 spiro atoms. The van der Waals surface area contributed by atoms with Gasteiger partial charge < -0.3 is 24.7 Å². The number of rotatable bonds is 6. The maximum atomic E-state index is 11.5. The number of nitrogens with one attached hydrogen (secondary N) is 2. The molecule has 2 rings (SSSR count). The van der Waals surface area contributed by atoms with Crippen molar-refractivity contribution in [3.8, 4) is 11.5 Å². The zero-order valence-corrected chi connectivity index (χ0v) is 16.3. The number of hydrogen-bond acceptors (Lipinski definition) is 6. The summed E-state index contributed by atoms with van der Waals surface area (Å²) in [5.74, 6) is -1.05. The number of aryl methyl sites for hydroxylation is 2. The summed E-state index contributed by atoms with van der Waals surface area (Å²) in [6, 6.07) is 9.02. The van der Waals surface area contributed by atoms with Crippen LogP contribution in [0.15, 0.2) is 35.4 Å². The van der Waals surface area contributed by atoms with Crippen LogP contribution in [0.1, 0.15) is 27.0 Å². The highest BCUT2D eigenvalue weighted by Crippen LogP contribution is 2.32. The zero-order valence-electron chi connectivity index (χ0n) is 15.5. The molecule has 0 aromatic heterocycles. The van der Waals surface area contributed by atoms with Crippen LogP contribution in [0.2, 0.25) is 0 Å². The van der Waals surface area contributed by atoms with E-state index in [-0.39, 0.29) is 27.7 Å². The number of hydrazone groups is 1. The molecule has 0 saturated heterocycles. The van der Waals surface area contributed by atoms with E-state index in [0.29, 0.717) is 0 Å². The van der Waals surface area contributed by atoms with E-state index < -0.39 is 5.97 Å². The third kappa shape index (κ3) is 4.73. The standard InChI is InChI=1S/C19H21N3O4S/c1-11-6-5-7-12(2)16(11)21-19(27)22-20-10-13-8-9-14(25-3)17(26-4)15(13)18(23)24/h5-10H,1-4H3,(H,23,24)(H2,21,22,27)/p-1/b20-10-. The van der Waals surface area contributed by atoms with E-state index in [9.17, 15) is 9.90 Å². The summed E-state index contributed by atoms with van der Waals surface area (Å²) in [5.41, 5.74) is 5.78. The predicted molar refractivity (Wildman–Crippen MR) is 107 cm³/mol. The molecule has 142 valence electrons. The van der Waals surface area contributed by atoms with Gasteiger partial charge in [-0.1, -0.05) is 18.2 Å². The molecule has 0 unspecified atom stereocenters. The van der Waals surface area contributed by atoms with Gasteiger partial charge in [-0.05, 0) is 49.3 Å². The summed E-state index contributed by atoms with van der Waals surface area (Å²) in [6.07, 6.45) is 1.33. The minimum atomic E-state index is -1.40. The number of carbonyl (C=O) groups is 1. The van der Waals surface area contributed by atoms with Gasteiger partial charge in [0, 0.05) is 11.3 Å². The smallest absolute Gasteiger partial charge is 0.191 e. The first-order valence-electron chi connectivity index (χ1n) is 8.01. The van der Waals surface area contributed by atoms with Gasteiger partial charge in [-0.3, -0.25) is 5.43 Å². The fourth-order valence-electron chi connectivity index (χ4n) is 2.57. The number of ether oxygens (including phenoxy) is 2. The summed E-state index contributed by atoms with van der Waals surface area (Å²) < 4.78 is 10.2. The third-order valence-electron chi connectivity index (χ3n) is 3.87. The molecule has 0 bridgehead atoms. The first-order chi connectivity index (χ1) is 12.9. The van der Waals surface area contributed by atoms with Crippen molar-refractivity contribution in [3.05, 3.63) is 52.6 Å². The van der Waals surface area contributed by atoms with Gasteiger partial charge in [0.05, 0.1) is 32.0 Å². The van der Waals surface area contributed by atoms with Crippen LogP contribution in [0.4, 0.5) is 5.69 Å². The van der Waals surface area contributed by atoms with Crippen molar-refractivity contribution >= 4 is 35.2 Å². The lowest BCUT2D eigenvalue weighted by atomic mass is 10.1. The van der Waals surface area contributed by atoms with Gasteiger partial charge in [0.15, 0.2) is 16.6 Å². The normalized spacial score (nSPS) is 10.5. The molecular formula is C19H20N3O4S-. The van der Waals surface area contributed by atoms with E-state index in [2.05, 4.69) is 15.8 Å². The monoisotopic (exact) mass is 386 g/mol. The van der Waals surface area contributed by atoms with Crippen LogP contribution in [0.25, 0.3) is 0 Å². The van der Waals surface area contributed by atoms with E-state index in [1.165, 1.54) is 20.4 Å². The van der Waals surface area contributed by atoms with Gasteiger partial charge in [-0.15, -0.1) is 0 Å². The molecule has 2 aromatic carbocycles. The van der Waals surface area contributed by atoms with E-state index in [4.69, 9.17) is 21.7 Å². The Hall–Kier alpha value is -3.13. The summed E-state index contributed by atoms with van der Waals surface area (Å²) in [6.45, 7) is 3.94. The number of para-hydroxylation sites is 1. The predicted octanol–water partition coefficient (Wildman–Crippen LogP) is 2.00. The summed E-state index contributed by atoms with van der Waals surface area (Å²) in [7, 11) is 2.77. The number of benzene rings is 2. The number of methoxy groups -OCH3 is 2. The highest BCUT2D eigenvalue weighted by atomic mass is 32.1. The molecule has 0 heterocycles. The molecule has 27 heavy (non-hydrogen) atoms. The van der Waals surface area contributed by atoms with Gasteiger partial charge in [0.25, 0.3) is 0 Å². The Morgan fingerprint density at radius 2 is 1.81 bits per heavy atom. The van der Waals surface area contributed by atoms with Crippen molar-refractivity contribution in [1.82, 2.24) is 5.43 Å². The highest BCUT2D eigenvalue weighted by molar-refractivity contribution is 7.80. The van der Waals surface area contributed by atoms with Crippen LogP contribution in [0.3, 0.4) is 0 Å². The molecule has 2 N–H and O–H groups in total. The maximum Gasteiger partial charge on any atom is 0.191 e. The molecule has 0 atom stereocenters. The second-order valence-corrected chi connectivity index (χ2v) is 6.05. The zero-order chi connectivity index (χ0) is 20.0. The summed E-state index contributed by atoms with van der Waals surface area (Å²) in [4.78, 5) is 11.5. The average molecular weight is 386 g/mol. The second kappa shape index (κ2) is 9.00. The summed E-state index contributed by atoms with van der Waals surface area (Å²) in [5, 5.41) is 18.9. The van der Waals surface area contributed by atoms with E-state index in [0.717, 1.165) is 16.8 Å². The molecule has 8 heteroatoms. The number of thiocarbonyl (C=S) groups is 1. The SMILES string of the molecule is COc1ccc(/C=N\NC(=S)Nc2c(C)cccc2C)c(C(=O)[O-])c1OC. The first kappa shape index (κ1) is 20.2. The van der Waals surface area contributed by atoms with Crippen molar-refractivity contribution in [2.45, 2.75) is 13.8 Å². The molecule has 0 fully saturated rings. The Balaban J connectivity index is 2.18. The topological polar surface area (TPSA) is 95.0 Å². The Morgan fingerprint density at radius 3 is 2.37 bits per heavy atom. The highest BCUT2D eigenvalue weighted by Gasteiger charge is 2.15. The second-order valence-electron chi connectivity index (χ2n) is 5.64. The van der Waals surface area contributed by atoms with Crippen LogP contribution in [0, 0.1) is 13.8 Å². The number of aromatic carboxylic acids is 1. The minimum Gasteiger partial charge on any atom is -0.545 e. The Labute approximate surface area is 163 Å². The summed E-state index contributed by atoms with van der Waals surface area (Å²) >= 11 is 5.23. The van der Waals surface area contributed by atoms with E-state index in [1.807, 2.05) is 32.0 Å². The fourth-order valence-corrected chi connectivity index (χ4v) is 2.73. The number of carboxylic acids is 1. The van der Waals surface area contributed by atoms with Crippen LogP contribution >= 0.6 is 12.2 Å². The Morgan fingerprint density at radius 1 is 1.15 bits per heavy atom. The van der Waals surface area contributed by atoms with Crippen molar-refractivity contribution < 1.29 is 19.4 Å². The number of hydrogen-bond donors (Lipinski definition) is 2. The van der Waals surface area contributed by atoms with Gasteiger partial charge >= 0.3 is 0 Å². The number of carboxylic acid groups (broad SMARTS) is 1. The quantitative estimate of drug-likeness (QED) is 0.445. The van der Waals surface area contributed by atoms with Crippen molar-refractivity contribution in [2.24, 2.45) is 5.10 Å². The van der Waals surface area contributed by atoms with Gasteiger partial charge in [-0.25, -0.2) is 0 Å². The minimum absolute atomic E-state index is 0.0673. The van der Waals surface area contributed by atoms with Crippen molar-refractivity contribution in [2.75, 3.05) is 19.5 Å². The fraction of sp³-hybridized carbons (Fsp3) is 0.211. The molecule has 0 aliphatic rings. The van der Waals surface area contributed by atoms with Gasteiger partial charge in [0.2, 0.25) is 0 Å². The van der Waals surface area contributed by atoms with Gasteiger partial charge in [-0.2, -0.15) is 5.10 Å². The lowest BCUT2D eigenvalue weighted by molar-refractivity contribution is -0.255. The molecule has 0 amide bonds. The largest absolute Gasteiger partial charge is 0.545 e. The average Bonchev–Trinajstić information content (AvgIpc) is 2.64. The molecule has 2 aromatic rings. The lowest BCUT2D eigenvalue weighted by Crippen LogP contribution is -2.26. The molecule has 0 aliphatic heterocycles. The van der Waals surface area contributed by atoms with Crippen molar-refractivity contribution in [1.29, 1.82) is 0 Å². The van der Waals surface area contributed by atoms with Crippen LogP contribution in [-0.4, -0.2) is 31.5 Å². The number of carbonyl (C=O) groups excluding carboxylic acids is 1. The molecule has 0 aliphatic carbocycles. The van der Waals surface area contributed by atoms with Crippen molar-refractivity contribution in [3.63, 3.8) is 0 Å². The van der Waals surface area contributed by atoms with Gasteiger partial charge in [0.1, 0.15) is 0 Å². The lowest BCUT2D eigenvalue weighted by Gasteiger charge is -2.16. The molecule has 7 nitrogen and oxygen atoms in total. The Bertz CT molecular complexity index is 877. The van der Waals surface area contributed by atoms with Crippen LogP contribution < -0.4 is 25.3 Å². The van der Waals surface area contributed by atoms with E-state index in [1.54, 1.807) is 12.1 Å². The molecule has 0 radical (unpaired) electrons. The first-order valence-corrected chi connectivity index (χ1v) is 8.42. The Kier molecular flexibility index (Phi) is 6.73. The maximum absolute atomic E-state index is 11.5. The number of anilines is 1. The molecular weight excluding hydrogens is 366 g/mol. The third-order valence-corrected chi connectivity index (χ3v) is 4.06.